The van der Waals surface area contributed by atoms with Crippen LogP contribution in [0.4, 0.5) is 10.1 Å². The van der Waals surface area contributed by atoms with Gasteiger partial charge in [0.05, 0.1) is 11.3 Å². The minimum Gasteiger partial charge on any atom is -0.352 e. The Morgan fingerprint density at radius 2 is 1.71 bits per heavy atom. The molecule has 0 aliphatic rings. The molecule has 0 saturated heterocycles. The van der Waals surface area contributed by atoms with Gasteiger partial charge in [0, 0.05) is 12.2 Å². The fourth-order valence-corrected chi connectivity index (χ4v) is 3.01. The van der Waals surface area contributed by atoms with Gasteiger partial charge < -0.3 is 5.32 Å². The Balaban J connectivity index is 2.04. The van der Waals surface area contributed by atoms with Crippen molar-refractivity contribution in [1.29, 1.82) is 0 Å². The summed E-state index contributed by atoms with van der Waals surface area (Å²) in [6, 6.07) is 11.0. The van der Waals surface area contributed by atoms with Gasteiger partial charge in [-0.25, -0.2) is 12.8 Å². The van der Waals surface area contributed by atoms with Crippen LogP contribution < -0.4 is 10.0 Å². The molecular weight excluding hydrogens is 331 g/mol. The van der Waals surface area contributed by atoms with E-state index in [0.717, 1.165) is 17.7 Å². The van der Waals surface area contributed by atoms with Gasteiger partial charge in [0.15, 0.2) is 0 Å². The van der Waals surface area contributed by atoms with Crippen molar-refractivity contribution < 1.29 is 17.6 Å². The highest BCUT2D eigenvalue weighted by molar-refractivity contribution is 7.92. The highest BCUT2D eigenvalue weighted by Crippen LogP contribution is 2.17. The third kappa shape index (κ3) is 4.92. The van der Waals surface area contributed by atoms with Crippen LogP contribution in [0.25, 0.3) is 0 Å². The van der Waals surface area contributed by atoms with Gasteiger partial charge in [-0.2, -0.15) is 0 Å². The van der Waals surface area contributed by atoms with Gasteiger partial charge in [-0.1, -0.05) is 18.2 Å². The van der Waals surface area contributed by atoms with Crippen LogP contribution in [0.3, 0.4) is 0 Å². The Hall–Kier alpha value is -2.67. The van der Waals surface area contributed by atoms with Gasteiger partial charge in [0.25, 0.3) is 10.0 Å². The van der Waals surface area contributed by atoms with E-state index in [0.29, 0.717) is 12.2 Å². The van der Waals surface area contributed by atoms with E-state index in [1.807, 2.05) is 0 Å². The molecule has 2 aromatic carbocycles. The molecule has 0 atom stereocenters. The first-order valence-corrected chi connectivity index (χ1v) is 8.64. The van der Waals surface area contributed by atoms with Crippen LogP contribution in [0, 0.1) is 5.82 Å². The third-order valence-corrected chi connectivity index (χ3v) is 4.54. The van der Waals surface area contributed by atoms with Crippen LogP contribution in [0.2, 0.25) is 0 Å². The molecule has 0 aliphatic carbocycles. The lowest BCUT2D eigenvalue weighted by molar-refractivity contribution is -0.120. The molecule has 24 heavy (non-hydrogen) atoms. The molecule has 0 spiro atoms. The first-order chi connectivity index (χ1) is 11.4. The summed E-state index contributed by atoms with van der Waals surface area (Å²) in [6.45, 7) is 3.91. The van der Waals surface area contributed by atoms with E-state index in [-0.39, 0.29) is 17.2 Å². The molecule has 0 aromatic heterocycles. The van der Waals surface area contributed by atoms with Crippen molar-refractivity contribution in [3.63, 3.8) is 0 Å². The topological polar surface area (TPSA) is 75.3 Å². The zero-order valence-corrected chi connectivity index (χ0v) is 13.6. The number of sulfonamides is 1. The highest BCUT2D eigenvalue weighted by Gasteiger charge is 2.14. The summed E-state index contributed by atoms with van der Waals surface area (Å²) in [6.07, 6.45) is 1.78. The van der Waals surface area contributed by atoms with Gasteiger partial charge in [-0.15, -0.1) is 6.58 Å². The first kappa shape index (κ1) is 17.7. The van der Waals surface area contributed by atoms with Crippen molar-refractivity contribution in [2.75, 3.05) is 11.3 Å². The maximum atomic E-state index is 12.9. The van der Waals surface area contributed by atoms with Crippen LogP contribution in [-0.2, 0) is 21.2 Å². The van der Waals surface area contributed by atoms with Crippen molar-refractivity contribution in [1.82, 2.24) is 5.32 Å². The van der Waals surface area contributed by atoms with E-state index in [1.54, 1.807) is 30.3 Å². The van der Waals surface area contributed by atoms with Crippen LogP contribution in [0.5, 0.6) is 0 Å². The normalized spacial score (nSPS) is 10.9. The molecule has 2 aromatic rings. The van der Waals surface area contributed by atoms with Crippen LogP contribution in [0.15, 0.2) is 66.1 Å². The third-order valence-electron chi connectivity index (χ3n) is 3.14. The van der Waals surface area contributed by atoms with Gasteiger partial charge in [0.1, 0.15) is 5.82 Å². The van der Waals surface area contributed by atoms with Crippen LogP contribution in [-0.4, -0.2) is 20.9 Å². The second-order valence-corrected chi connectivity index (χ2v) is 6.71. The number of carbonyl (C=O) groups excluding carboxylic acids is 1. The number of amides is 1. The standard InChI is InChI=1S/C17H17FN2O3S/c1-2-11-19-17(21)12-13-3-7-15(8-4-13)20-24(22,23)16-9-5-14(18)6-10-16/h2-10,20H,1,11-12H2,(H,19,21). The molecular formula is C17H17FN2O3S. The summed E-state index contributed by atoms with van der Waals surface area (Å²) < 4.78 is 39.7. The SMILES string of the molecule is C=CCNC(=O)Cc1ccc(NS(=O)(=O)c2ccc(F)cc2)cc1. The largest absolute Gasteiger partial charge is 0.352 e. The molecule has 0 radical (unpaired) electrons. The number of benzene rings is 2. The Morgan fingerprint density at radius 1 is 1.08 bits per heavy atom. The van der Waals surface area contributed by atoms with Crippen molar-refractivity contribution in [3.8, 4) is 0 Å². The number of halogens is 1. The lowest BCUT2D eigenvalue weighted by Gasteiger charge is -2.09. The number of carbonyl (C=O) groups is 1. The molecule has 0 aliphatic heterocycles. The monoisotopic (exact) mass is 348 g/mol. The molecule has 1 amide bonds. The van der Waals surface area contributed by atoms with Gasteiger partial charge in [-0.3, -0.25) is 9.52 Å². The van der Waals surface area contributed by atoms with E-state index in [4.69, 9.17) is 0 Å². The summed E-state index contributed by atoms with van der Waals surface area (Å²) in [5.41, 5.74) is 1.11. The van der Waals surface area contributed by atoms with Gasteiger partial charge in [-0.05, 0) is 42.0 Å². The molecule has 5 nitrogen and oxygen atoms in total. The summed E-state index contributed by atoms with van der Waals surface area (Å²) in [5.74, 6) is -0.650. The predicted octanol–water partition coefficient (Wildman–Crippen LogP) is 2.47. The van der Waals surface area contributed by atoms with Crippen molar-refractivity contribution >= 4 is 21.6 Å². The Labute approximate surface area is 140 Å². The van der Waals surface area contributed by atoms with Crippen LogP contribution >= 0.6 is 0 Å². The van der Waals surface area contributed by atoms with E-state index in [1.165, 1.54) is 12.1 Å². The van der Waals surface area contributed by atoms with Crippen molar-refractivity contribution in [3.05, 3.63) is 72.6 Å². The molecule has 0 unspecified atom stereocenters. The zero-order chi connectivity index (χ0) is 17.6. The Kier molecular flexibility index (Phi) is 5.70. The number of hydrogen-bond acceptors (Lipinski definition) is 3. The Morgan fingerprint density at radius 3 is 2.29 bits per heavy atom. The molecule has 126 valence electrons. The smallest absolute Gasteiger partial charge is 0.261 e. The number of hydrogen-bond donors (Lipinski definition) is 2. The second-order valence-electron chi connectivity index (χ2n) is 5.03. The Bertz CT molecular complexity index is 816. The molecule has 0 saturated carbocycles. The average Bonchev–Trinajstić information content (AvgIpc) is 2.55. The van der Waals surface area contributed by atoms with E-state index in [9.17, 15) is 17.6 Å². The minimum atomic E-state index is -3.79. The van der Waals surface area contributed by atoms with Crippen molar-refractivity contribution in [2.24, 2.45) is 0 Å². The maximum Gasteiger partial charge on any atom is 0.261 e. The fraction of sp³-hybridized carbons (Fsp3) is 0.118. The quantitative estimate of drug-likeness (QED) is 0.755. The molecule has 2 rings (SSSR count). The zero-order valence-electron chi connectivity index (χ0n) is 12.8. The first-order valence-electron chi connectivity index (χ1n) is 7.15. The fourth-order valence-electron chi connectivity index (χ4n) is 1.95. The minimum absolute atomic E-state index is 0.0308. The van der Waals surface area contributed by atoms with E-state index < -0.39 is 15.8 Å². The molecule has 7 heteroatoms. The second kappa shape index (κ2) is 7.74. The van der Waals surface area contributed by atoms with Crippen molar-refractivity contribution in [2.45, 2.75) is 11.3 Å². The molecule has 2 N–H and O–H groups in total. The summed E-state index contributed by atoms with van der Waals surface area (Å²) in [4.78, 5) is 11.6. The molecule has 0 heterocycles. The average molecular weight is 348 g/mol. The highest BCUT2D eigenvalue weighted by atomic mass is 32.2. The lowest BCUT2D eigenvalue weighted by atomic mass is 10.1. The van der Waals surface area contributed by atoms with Gasteiger partial charge in [0.2, 0.25) is 5.91 Å². The molecule has 0 bridgehead atoms. The van der Waals surface area contributed by atoms with E-state index in [2.05, 4.69) is 16.6 Å². The molecule has 0 fully saturated rings. The summed E-state index contributed by atoms with van der Waals surface area (Å²) >= 11 is 0. The summed E-state index contributed by atoms with van der Waals surface area (Å²) in [5, 5.41) is 2.66. The summed E-state index contributed by atoms with van der Waals surface area (Å²) in [7, 11) is -3.79. The van der Waals surface area contributed by atoms with Gasteiger partial charge >= 0.3 is 0 Å². The number of anilines is 1. The lowest BCUT2D eigenvalue weighted by Crippen LogP contribution is -2.24. The predicted molar refractivity (Wildman–Crippen MR) is 90.6 cm³/mol. The number of rotatable bonds is 7. The number of nitrogens with one attached hydrogen (secondary N) is 2. The van der Waals surface area contributed by atoms with Crippen LogP contribution in [0.1, 0.15) is 5.56 Å². The van der Waals surface area contributed by atoms with E-state index >= 15 is 0 Å². The maximum absolute atomic E-state index is 12.9.